The van der Waals surface area contributed by atoms with Crippen molar-refractivity contribution in [3.05, 3.63) is 93.4 Å². The number of halogens is 2. The van der Waals surface area contributed by atoms with Gasteiger partial charge in [0.2, 0.25) is 5.88 Å². The van der Waals surface area contributed by atoms with Gasteiger partial charge >= 0.3 is 0 Å². The molecule has 0 spiro atoms. The summed E-state index contributed by atoms with van der Waals surface area (Å²) in [5.74, 6) is -2.34. The molecule has 1 N–H and O–H groups in total. The zero-order valence-corrected chi connectivity index (χ0v) is 22.3. The second-order valence-corrected chi connectivity index (χ2v) is 9.79. The van der Waals surface area contributed by atoms with E-state index in [9.17, 15) is 23.5 Å². The average Bonchev–Trinajstić information content (AvgIpc) is 3.59. The molecule has 0 aliphatic carbocycles. The largest absolute Gasteiger partial charge is 0.496 e. The molecule has 2 atom stereocenters. The van der Waals surface area contributed by atoms with Gasteiger partial charge in [0.05, 0.1) is 13.2 Å². The van der Waals surface area contributed by atoms with Crippen LogP contribution in [0.1, 0.15) is 53.2 Å². The van der Waals surface area contributed by atoms with Gasteiger partial charge in [-0.2, -0.15) is 10.1 Å². The van der Waals surface area contributed by atoms with Crippen LogP contribution in [-0.4, -0.2) is 55.4 Å². The maximum Gasteiger partial charge on any atom is 0.271 e. The molecule has 9 nitrogen and oxygen atoms in total. The minimum atomic E-state index is -0.894. The number of hydrogen-bond acceptors (Lipinski definition) is 6. The summed E-state index contributed by atoms with van der Waals surface area (Å²) in [5.41, 5.74) is 0.0556. The van der Waals surface area contributed by atoms with Gasteiger partial charge in [-0.3, -0.25) is 18.8 Å². The Kier molecular flexibility index (Phi) is 7.38. The number of carbonyl (C=O) groups excluding carboxylic acids is 1. The molecule has 5 rings (SSSR count). The molecule has 3 heterocycles. The van der Waals surface area contributed by atoms with E-state index in [1.54, 1.807) is 33.3 Å². The van der Waals surface area contributed by atoms with E-state index in [1.165, 1.54) is 14.1 Å². The van der Waals surface area contributed by atoms with Crippen molar-refractivity contribution >= 4 is 5.91 Å². The molecular weight excluding hydrogens is 520 g/mol. The van der Waals surface area contributed by atoms with E-state index in [2.05, 4.69) is 10.1 Å². The number of para-hydroxylation sites is 1. The maximum atomic E-state index is 14.2. The molecule has 40 heavy (non-hydrogen) atoms. The van der Waals surface area contributed by atoms with E-state index in [0.29, 0.717) is 25.3 Å². The molecule has 2 aromatic carbocycles. The Labute approximate surface area is 229 Å². The fourth-order valence-electron chi connectivity index (χ4n) is 5.41. The lowest BCUT2D eigenvalue weighted by Crippen LogP contribution is -2.38. The first-order valence-electron chi connectivity index (χ1n) is 13.0. The molecule has 11 heteroatoms. The van der Waals surface area contributed by atoms with Crippen LogP contribution in [0.3, 0.4) is 0 Å². The summed E-state index contributed by atoms with van der Waals surface area (Å²) in [7, 11) is 3.26. The molecule has 1 amide bonds. The minimum absolute atomic E-state index is 0.0236. The Balaban J connectivity index is 1.60. The normalized spacial score (nSPS) is 15.8. The molecule has 2 unspecified atom stereocenters. The second kappa shape index (κ2) is 10.9. The van der Waals surface area contributed by atoms with Crippen LogP contribution in [0, 0.1) is 11.6 Å². The van der Waals surface area contributed by atoms with Crippen LogP contribution in [0.5, 0.6) is 11.6 Å². The van der Waals surface area contributed by atoms with Crippen molar-refractivity contribution in [2.45, 2.75) is 31.7 Å². The summed E-state index contributed by atoms with van der Waals surface area (Å²) in [4.78, 5) is 33.5. The van der Waals surface area contributed by atoms with E-state index < -0.39 is 40.6 Å². The van der Waals surface area contributed by atoms with Gasteiger partial charge in [-0.05, 0) is 48.2 Å². The van der Waals surface area contributed by atoms with Crippen molar-refractivity contribution in [1.82, 2.24) is 24.2 Å². The van der Waals surface area contributed by atoms with E-state index in [-0.39, 0.29) is 29.4 Å². The van der Waals surface area contributed by atoms with Crippen molar-refractivity contribution < 1.29 is 23.4 Å². The van der Waals surface area contributed by atoms with E-state index in [0.717, 1.165) is 23.8 Å². The second-order valence-electron chi connectivity index (χ2n) is 9.79. The smallest absolute Gasteiger partial charge is 0.271 e. The first-order chi connectivity index (χ1) is 19.2. The summed E-state index contributed by atoms with van der Waals surface area (Å²) in [6.07, 6.45) is 2.51. The lowest BCUT2D eigenvalue weighted by Gasteiger charge is -2.24. The maximum absolute atomic E-state index is 14.2. The lowest BCUT2D eigenvalue weighted by molar-refractivity contribution is 0.0784. The molecule has 0 saturated carbocycles. The van der Waals surface area contributed by atoms with Gasteiger partial charge in [0.25, 0.3) is 11.5 Å². The number of likely N-dealkylation sites (tertiary alicyclic amines) is 1. The summed E-state index contributed by atoms with van der Waals surface area (Å²) < 4.78 is 36.6. The summed E-state index contributed by atoms with van der Waals surface area (Å²) >= 11 is 0. The first-order valence-corrected chi connectivity index (χ1v) is 13.0. The zero-order chi connectivity index (χ0) is 28.6. The van der Waals surface area contributed by atoms with Crippen LogP contribution in [0.25, 0.3) is 11.5 Å². The topological polar surface area (TPSA) is 102 Å². The first kappa shape index (κ1) is 27.0. The highest BCUT2D eigenvalue weighted by Crippen LogP contribution is 2.35. The fraction of sp³-hybridized carbons (Fsp3) is 0.310. The van der Waals surface area contributed by atoms with Crippen molar-refractivity contribution in [2.75, 3.05) is 20.2 Å². The number of carbonyl (C=O) groups is 1. The van der Waals surface area contributed by atoms with Gasteiger partial charge in [-0.25, -0.2) is 8.78 Å². The Morgan fingerprint density at radius 3 is 2.55 bits per heavy atom. The predicted octanol–water partition coefficient (Wildman–Crippen LogP) is 4.27. The predicted molar refractivity (Wildman–Crippen MR) is 143 cm³/mol. The Morgan fingerprint density at radius 2 is 1.90 bits per heavy atom. The van der Waals surface area contributed by atoms with Crippen molar-refractivity contribution in [3.63, 3.8) is 0 Å². The van der Waals surface area contributed by atoms with Gasteiger partial charge in [-0.1, -0.05) is 25.1 Å². The Morgan fingerprint density at radius 1 is 1.18 bits per heavy atom. The van der Waals surface area contributed by atoms with E-state index >= 15 is 0 Å². The molecule has 1 saturated heterocycles. The van der Waals surface area contributed by atoms with Crippen LogP contribution in [-0.2, 0) is 7.05 Å². The summed E-state index contributed by atoms with van der Waals surface area (Å²) in [6.45, 7) is 2.41. The fourth-order valence-corrected chi connectivity index (χ4v) is 5.41. The third kappa shape index (κ3) is 4.94. The van der Waals surface area contributed by atoms with Gasteiger partial charge in [0, 0.05) is 38.3 Å². The van der Waals surface area contributed by atoms with Crippen LogP contribution in [0.2, 0.25) is 0 Å². The molecule has 2 aromatic heterocycles. The van der Waals surface area contributed by atoms with Gasteiger partial charge in [0.15, 0.2) is 11.4 Å². The van der Waals surface area contributed by atoms with Crippen LogP contribution < -0.4 is 10.3 Å². The summed E-state index contributed by atoms with van der Waals surface area (Å²) in [5, 5.41) is 15.2. The van der Waals surface area contributed by atoms with Gasteiger partial charge < -0.3 is 14.7 Å². The number of aromatic hydroxyl groups is 1. The molecule has 0 radical (unpaired) electrons. The highest BCUT2D eigenvalue weighted by molar-refractivity contribution is 5.96. The SMILES string of the molecule is CCC(c1cc(F)cc(F)c1)n1c(-c2ccn(C)n2)nc(O)c(C(=O)N2CCC(c3ccccc3OC)C2)c1=O. The number of amides is 1. The number of rotatable bonds is 7. The van der Waals surface area contributed by atoms with Crippen molar-refractivity contribution in [1.29, 1.82) is 0 Å². The highest BCUT2D eigenvalue weighted by Gasteiger charge is 2.35. The number of hydrogen-bond donors (Lipinski definition) is 1. The van der Waals surface area contributed by atoms with E-state index in [4.69, 9.17) is 4.74 Å². The lowest BCUT2D eigenvalue weighted by atomic mass is 9.97. The van der Waals surface area contributed by atoms with Crippen LogP contribution in [0.15, 0.2) is 59.5 Å². The number of benzene rings is 2. The minimum Gasteiger partial charge on any atom is -0.496 e. The Hall–Kier alpha value is -4.54. The molecule has 0 bridgehead atoms. The molecule has 4 aromatic rings. The summed E-state index contributed by atoms with van der Waals surface area (Å²) in [6, 6.07) is 11.3. The van der Waals surface area contributed by atoms with Gasteiger partial charge in [0.1, 0.15) is 23.1 Å². The van der Waals surface area contributed by atoms with Gasteiger partial charge in [-0.15, -0.1) is 0 Å². The molecular formula is C29H29F2N5O4. The van der Waals surface area contributed by atoms with Crippen LogP contribution >= 0.6 is 0 Å². The monoisotopic (exact) mass is 549 g/mol. The van der Waals surface area contributed by atoms with Crippen molar-refractivity contribution in [3.8, 4) is 23.1 Å². The molecule has 1 aliphatic heterocycles. The number of aryl methyl sites for hydroxylation is 1. The number of methoxy groups -OCH3 is 1. The standard InChI is InChI=1S/C29H29F2N5O4/c1-4-23(18-13-19(30)15-20(31)14-18)36-26(22-10-11-34(2)33-22)32-27(37)25(29(36)39)28(38)35-12-9-17(16-35)21-7-5-6-8-24(21)40-3/h5-8,10-11,13-15,17,23,37H,4,9,12,16H2,1-3H3. The van der Waals surface area contributed by atoms with Crippen molar-refractivity contribution in [2.24, 2.45) is 7.05 Å². The Bertz CT molecular complexity index is 1610. The number of ether oxygens (including phenoxy) is 1. The highest BCUT2D eigenvalue weighted by atomic mass is 19.1. The average molecular weight is 550 g/mol. The quantitative estimate of drug-likeness (QED) is 0.370. The van der Waals surface area contributed by atoms with Crippen LogP contribution in [0.4, 0.5) is 8.78 Å². The third-order valence-corrected chi connectivity index (χ3v) is 7.28. The van der Waals surface area contributed by atoms with E-state index in [1.807, 2.05) is 24.3 Å². The zero-order valence-electron chi connectivity index (χ0n) is 22.3. The molecule has 1 aliphatic rings. The number of nitrogens with zero attached hydrogens (tertiary/aromatic N) is 5. The third-order valence-electron chi connectivity index (χ3n) is 7.28. The molecule has 208 valence electrons. The number of aromatic nitrogens is 4. The molecule has 1 fully saturated rings.